The second-order valence-electron chi connectivity index (χ2n) is 6.55. The number of aliphatic hydroxyl groups excluding tert-OH is 1. The van der Waals surface area contributed by atoms with Crippen molar-refractivity contribution in [3.8, 4) is 0 Å². The highest BCUT2D eigenvalue weighted by Gasteiger charge is 2.27. The van der Waals surface area contributed by atoms with Crippen LogP contribution >= 0.6 is 0 Å². The number of carbonyl (C=O) groups excluding carboxylic acids is 1. The highest BCUT2D eigenvalue weighted by molar-refractivity contribution is 5.69. The number of benzene rings is 1. The predicted octanol–water partition coefficient (Wildman–Crippen LogP) is 1.87. The molecule has 1 unspecified atom stereocenters. The largest absolute Gasteiger partial charge is 0.481 e. The number of nitrogens with one attached hydrogen (secondary N) is 1. The number of non-ortho nitro benzene ring substituents is 1. The van der Waals surface area contributed by atoms with Crippen molar-refractivity contribution in [1.29, 1.82) is 0 Å². The summed E-state index contributed by atoms with van der Waals surface area (Å²) in [6, 6.07) is 4.70. The summed E-state index contributed by atoms with van der Waals surface area (Å²) in [6.45, 7) is 4.99. The minimum absolute atomic E-state index is 0.00930. The van der Waals surface area contributed by atoms with Gasteiger partial charge in [-0.3, -0.25) is 14.9 Å². The molecule has 0 aromatic heterocycles. The third kappa shape index (κ3) is 7.62. The molecule has 138 valence electrons. The lowest BCUT2D eigenvalue weighted by Gasteiger charge is -2.26. The average Bonchev–Trinajstić information content (AvgIpc) is 2.44. The molecule has 9 heteroatoms. The predicted molar refractivity (Wildman–Crippen MR) is 88.2 cm³/mol. The first-order valence-corrected chi connectivity index (χ1v) is 7.60. The molecule has 9 nitrogen and oxygen atoms in total. The lowest BCUT2D eigenvalue weighted by Crippen LogP contribution is -2.47. The Bertz CT molecular complexity index is 640. The second kappa shape index (κ2) is 8.43. The Morgan fingerprint density at radius 3 is 2.52 bits per heavy atom. The van der Waals surface area contributed by atoms with Gasteiger partial charge in [0.25, 0.3) is 5.69 Å². The Balaban J connectivity index is 2.94. The third-order valence-electron chi connectivity index (χ3n) is 3.13. The van der Waals surface area contributed by atoms with Gasteiger partial charge < -0.3 is 20.3 Å². The zero-order valence-electron chi connectivity index (χ0n) is 14.3. The minimum atomic E-state index is -1.38. The van der Waals surface area contributed by atoms with Crippen molar-refractivity contribution < 1.29 is 29.5 Å². The molecular formula is C16H22N2O7. The van der Waals surface area contributed by atoms with Crippen LogP contribution in [0.2, 0.25) is 0 Å². The highest BCUT2D eigenvalue weighted by Crippen LogP contribution is 2.17. The summed E-state index contributed by atoms with van der Waals surface area (Å²) in [4.78, 5) is 33.0. The maximum atomic E-state index is 11.9. The summed E-state index contributed by atoms with van der Waals surface area (Å²) in [6.07, 6.45) is -2.78. The molecule has 0 fully saturated rings. The van der Waals surface area contributed by atoms with Crippen LogP contribution in [0, 0.1) is 10.1 Å². The van der Waals surface area contributed by atoms with Gasteiger partial charge in [-0.05, 0) is 32.8 Å². The number of amides is 1. The van der Waals surface area contributed by atoms with Gasteiger partial charge in [0, 0.05) is 12.1 Å². The van der Waals surface area contributed by atoms with E-state index in [2.05, 4.69) is 5.32 Å². The molecule has 0 bridgehead atoms. The molecule has 0 spiro atoms. The van der Waals surface area contributed by atoms with Crippen LogP contribution in [0.5, 0.6) is 0 Å². The fourth-order valence-electron chi connectivity index (χ4n) is 2.11. The van der Waals surface area contributed by atoms with Crippen molar-refractivity contribution in [2.75, 3.05) is 0 Å². The third-order valence-corrected chi connectivity index (χ3v) is 3.13. The maximum absolute atomic E-state index is 11.9. The Hall–Kier alpha value is -2.68. The number of nitro groups is 1. The summed E-state index contributed by atoms with van der Waals surface area (Å²) in [5, 5.41) is 32.2. The Morgan fingerprint density at radius 2 is 2.00 bits per heavy atom. The van der Waals surface area contributed by atoms with Crippen molar-refractivity contribution in [3.63, 3.8) is 0 Å². The number of carboxylic acid groups (broad SMARTS) is 1. The highest BCUT2D eigenvalue weighted by atomic mass is 16.6. The van der Waals surface area contributed by atoms with Crippen LogP contribution in [0.4, 0.5) is 10.5 Å². The van der Waals surface area contributed by atoms with Gasteiger partial charge in [-0.1, -0.05) is 12.1 Å². The van der Waals surface area contributed by atoms with E-state index in [1.165, 1.54) is 18.2 Å². The van der Waals surface area contributed by atoms with Gasteiger partial charge in [-0.25, -0.2) is 4.79 Å². The first-order chi connectivity index (χ1) is 11.5. The zero-order valence-corrected chi connectivity index (χ0v) is 14.3. The summed E-state index contributed by atoms with van der Waals surface area (Å²) in [5.41, 5.74) is -0.432. The number of nitrogens with zero attached hydrogens (tertiary/aromatic N) is 1. The molecule has 0 saturated heterocycles. The van der Waals surface area contributed by atoms with E-state index in [4.69, 9.17) is 9.84 Å². The number of alkyl carbamates (subject to hydrolysis) is 1. The van der Waals surface area contributed by atoms with E-state index in [1.54, 1.807) is 26.8 Å². The lowest BCUT2D eigenvalue weighted by atomic mass is 9.99. The number of carbonyl (C=O) groups is 2. The molecule has 0 radical (unpaired) electrons. The number of ether oxygens (including phenoxy) is 1. The number of carboxylic acids is 1. The van der Waals surface area contributed by atoms with Crippen LogP contribution in [0.3, 0.4) is 0 Å². The SMILES string of the molecule is CC(C)(C)OC(=O)N[C@@H](Cc1cccc([N+](=O)[O-])c1)C(O)CC(=O)O. The van der Waals surface area contributed by atoms with Crippen molar-refractivity contribution >= 4 is 17.7 Å². The van der Waals surface area contributed by atoms with Crippen molar-refractivity contribution in [2.45, 2.75) is 51.4 Å². The first-order valence-electron chi connectivity index (χ1n) is 7.60. The molecule has 0 heterocycles. The van der Waals surface area contributed by atoms with Gasteiger partial charge in [0.15, 0.2) is 0 Å². The van der Waals surface area contributed by atoms with Crippen LogP contribution in [-0.4, -0.2) is 44.9 Å². The molecule has 0 aliphatic carbocycles. The van der Waals surface area contributed by atoms with Crippen molar-refractivity contribution in [3.05, 3.63) is 39.9 Å². The maximum Gasteiger partial charge on any atom is 0.407 e. The number of hydrogen-bond acceptors (Lipinski definition) is 6. The number of hydrogen-bond donors (Lipinski definition) is 3. The monoisotopic (exact) mass is 354 g/mol. The molecule has 1 rings (SSSR count). The van der Waals surface area contributed by atoms with Gasteiger partial charge in [0.1, 0.15) is 5.60 Å². The standard InChI is InChI=1S/C16H22N2O7/c1-16(2,3)25-15(22)17-12(13(19)9-14(20)21)8-10-5-4-6-11(7-10)18(23)24/h4-7,12-13,19H,8-9H2,1-3H3,(H,17,22)(H,20,21)/t12-,13?/m0/s1. The van der Waals surface area contributed by atoms with Gasteiger partial charge in [0.2, 0.25) is 0 Å². The Kier molecular flexibility index (Phi) is 6.86. The first kappa shape index (κ1) is 20.4. The summed E-state index contributed by atoms with van der Waals surface area (Å²) in [7, 11) is 0. The minimum Gasteiger partial charge on any atom is -0.481 e. The Morgan fingerprint density at radius 1 is 1.36 bits per heavy atom. The number of nitro benzene ring substituents is 1. The van der Waals surface area contributed by atoms with Gasteiger partial charge in [0.05, 0.1) is 23.5 Å². The molecule has 1 aromatic rings. The van der Waals surface area contributed by atoms with E-state index in [0.29, 0.717) is 5.56 Å². The number of aliphatic carboxylic acids is 1. The average molecular weight is 354 g/mol. The smallest absolute Gasteiger partial charge is 0.407 e. The molecule has 0 aliphatic heterocycles. The summed E-state index contributed by atoms with van der Waals surface area (Å²) >= 11 is 0. The van der Waals surface area contributed by atoms with E-state index in [9.17, 15) is 24.8 Å². The van der Waals surface area contributed by atoms with Crippen molar-refractivity contribution in [1.82, 2.24) is 5.32 Å². The van der Waals surface area contributed by atoms with Gasteiger partial charge >= 0.3 is 12.1 Å². The quantitative estimate of drug-likeness (QED) is 0.501. The van der Waals surface area contributed by atoms with Crippen LogP contribution in [0.25, 0.3) is 0 Å². The number of rotatable bonds is 7. The van der Waals surface area contributed by atoms with Crippen molar-refractivity contribution in [2.24, 2.45) is 0 Å². The topological polar surface area (TPSA) is 139 Å². The van der Waals surface area contributed by atoms with Gasteiger partial charge in [-0.15, -0.1) is 0 Å². The van der Waals surface area contributed by atoms with E-state index in [1.807, 2.05) is 0 Å². The van der Waals surface area contributed by atoms with E-state index in [0.717, 1.165) is 0 Å². The van der Waals surface area contributed by atoms with Crippen LogP contribution < -0.4 is 5.32 Å². The number of aliphatic hydroxyl groups is 1. The van der Waals surface area contributed by atoms with Crippen LogP contribution in [0.1, 0.15) is 32.8 Å². The second-order valence-corrected chi connectivity index (χ2v) is 6.55. The fourth-order valence-corrected chi connectivity index (χ4v) is 2.11. The summed E-state index contributed by atoms with van der Waals surface area (Å²) < 4.78 is 5.11. The van der Waals surface area contributed by atoms with E-state index in [-0.39, 0.29) is 12.1 Å². The molecule has 1 amide bonds. The van der Waals surface area contributed by atoms with Crippen LogP contribution in [0.15, 0.2) is 24.3 Å². The fraction of sp³-hybridized carbons (Fsp3) is 0.500. The molecule has 1 aromatic carbocycles. The zero-order chi connectivity index (χ0) is 19.2. The molecule has 0 aliphatic rings. The lowest BCUT2D eigenvalue weighted by molar-refractivity contribution is -0.384. The summed E-state index contributed by atoms with van der Waals surface area (Å²) in [5.74, 6) is -1.23. The Labute approximate surface area is 144 Å². The normalized spacial score (nSPS) is 13.6. The molecule has 0 saturated carbocycles. The molecule has 3 N–H and O–H groups in total. The van der Waals surface area contributed by atoms with E-state index >= 15 is 0 Å². The molecule has 25 heavy (non-hydrogen) atoms. The molecular weight excluding hydrogens is 332 g/mol. The van der Waals surface area contributed by atoms with Gasteiger partial charge in [-0.2, -0.15) is 0 Å². The van der Waals surface area contributed by atoms with Crippen LogP contribution in [-0.2, 0) is 16.0 Å². The van der Waals surface area contributed by atoms with E-state index < -0.39 is 41.2 Å². The molecule has 2 atom stereocenters.